The van der Waals surface area contributed by atoms with Crippen molar-refractivity contribution in [2.75, 3.05) is 13.1 Å². The number of nitrogens with zero attached hydrogens (tertiary/aromatic N) is 2. The van der Waals surface area contributed by atoms with Gasteiger partial charge in [0.2, 0.25) is 0 Å². The number of hydrogen-bond acceptors (Lipinski definition) is 3. The van der Waals surface area contributed by atoms with E-state index in [0.717, 1.165) is 36.5 Å². The van der Waals surface area contributed by atoms with Crippen molar-refractivity contribution in [3.8, 4) is 5.75 Å². The van der Waals surface area contributed by atoms with Crippen molar-refractivity contribution in [1.82, 2.24) is 9.88 Å². The van der Waals surface area contributed by atoms with E-state index in [4.69, 9.17) is 0 Å². The minimum atomic E-state index is 0.344. The van der Waals surface area contributed by atoms with Crippen LogP contribution in [0.1, 0.15) is 25.3 Å². The molecule has 0 unspecified atom stereocenters. The van der Waals surface area contributed by atoms with Crippen molar-refractivity contribution >= 4 is 10.9 Å². The number of pyridine rings is 1. The van der Waals surface area contributed by atoms with Crippen LogP contribution in [-0.4, -0.2) is 28.1 Å². The number of piperidine rings is 1. The van der Waals surface area contributed by atoms with E-state index in [9.17, 15) is 5.11 Å². The maximum absolute atomic E-state index is 10.3. The largest absolute Gasteiger partial charge is 0.505 e. The molecule has 1 saturated heterocycles. The van der Waals surface area contributed by atoms with Crippen LogP contribution in [0.2, 0.25) is 0 Å². The highest BCUT2D eigenvalue weighted by atomic mass is 16.3. The number of rotatable bonds is 2. The highest BCUT2D eigenvalue weighted by molar-refractivity contribution is 5.85. The Balaban J connectivity index is 1.83. The van der Waals surface area contributed by atoms with E-state index in [2.05, 4.69) is 16.8 Å². The first-order chi connectivity index (χ1) is 9.24. The van der Waals surface area contributed by atoms with Gasteiger partial charge >= 0.3 is 0 Å². The van der Waals surface area contributed by atoms with Gasteiger partial charge in [-0.2, -0.15) is 0 Å². The first-order valence-corrected chi connectivity index (χ1v) is 7.02. The molecule has 1 aromatic heterocycles. The molecule has 100 valence electrons. The Labute approximate surface area is 113 Å². The van der Waals surface area contributed by atoms with Gasteiger partial charge in [0.05, 0.1) is 0 Å². The summed E-state index contributed by atoms with van der Waals surface area (Å²) in [6, 6.07) is 7.95. The first-order valence-electron chi connectivity index (χ1n) is 7.02. The Morgan fingerprint density at radius 2 is 2.05 bits per heavy atom. The molecule has 1 N–H and O–H groups in total. The predicted octanol–water partition coefficient (Wildman–Crippen LogP) is 3.17. The molecule has 1 aromatic carbocycles. The number of aromatic nitrogens is 1. The smallest absolute Gasteiger partial charge is 0.146 e. The van der Waals surface area contributed by atoms with Crippen molar-refractivity contribution in [1.29, 1.82) is 0 Å². The molecule has 0 aliphatic carbocycles. The van der Waals surface area contributed by atoms with Crippen molar-refractivity contribution in [3.63, 3.8) is 0 Å². The summed E-state index contributed by atoms with van der Waals surface area (Å²) < 4.78 is 0. The van der Waals surface area contributed by atoms with Gasteiger partial charge in [0.15, 0.2) is 0 Å². The lowest BCUT2D eigenvalue weighted by atomic mass is 9.98. The average Bonchev–Trinajstić information content (AvgIpc) is 2.45. The molecule has 0 radical (unpaired) electrons. The van der Waals surface area contributed by atoms with E-state index in [1.54, 1.807) is 6.20 Å². The van der Waals surface area contributed by atoms with Gasteiger partial charge in [-0.3, -0.25) is 9.88 Å². The molecule has 19 heavy (non-hydrogen) atoms. The molecule has 0 atom stereocenters. The monoisotopic (exact) mass is 256 g/mol. The first kappa shape index (κ1) is 12.4. The zero-order valence-corrected chi connectivity index (χ0v) is 11.3. The molecule has 3 nitrogen and oxygen atoms in total. The summed E-state index contributed by atoms with van der Waals surface area (Å²) in [5.74, 6) is 1.18. The quantitative estimate of drug-likeness (QED) is 0.896. The number of hydrogen-bond donors (Lipinski definition) is 1. The van der Waals surface area contributed by atoms with Crippen LogP contribution in [0.25, 0.3) is 10.9 Å². The van der Waals surface area contributed by atoms with Crippen LogP contribution < -0.4 is 0 Å². The van der Waals surface area contributed by atoms with Gasteiger partial charge in [0.1, 0.15) is 11.3 Å². The number of benzene rings is 1. The topological polar surface area (TPSA) is 36.4 Å². The fourth-order valence-electron chi connectivity index (χ4n) is 2.76. The normalized spacial score (nSPS) is 17.9. The van der Waals surface area contributed by atoms with E-state index in [1.807, 2.05) is 24.3 Å². The van der Waals surface area contributed by atoms with Crippen LogP contribution in [0.4, 0.5) is 0 Å². The highest BCUT2D eigenvalue weighted by Crippen LogP contribution is 2.28. The zero-order chi connectivity index (χ0) is 13.2. The Kier molecular flexibility index (Phi) is 3.38. The summed E-state index contributed by atoms with van der Waals surface area (Å²) in [7, 11) is 0. The van der Waals surface area contributed by atoms with Crippen LogP contribution in [0.15, 0.2) is 30.5 Å². The third-order valence-electron chi connectivity index (χ3n) is 4.10. The van der Waals surface area contributed by atoms with Crippen LogP contribution >= 0.6 is 0 Å². The second-order valence-electron chi connectivity index (χ2n) is 5.61. The summed E-state index contributed by atoms with van der Waals surface area (Å²) in [4.78, 5) is 6.70. The van der Waals surface area contributed by atoms with Gasteiger partial charge in [-0.25, -0.2) is 0 Å². The summed E-state index contributed by atoms with van der Waals surface area (Å²) in [5.41, 5.74) is 1.70. The second kappa shape index (κ2) is 5.17. The summed E-state index contributed by atoms with van der Waals surface area (Å²) in [6.45, 7) is 5.39. The van der Waals surface area contributed by atoms with Gasteiger partial charge in [-0.15, -0.1) is 0 Å². The van der Waals surface area contributed by atoms with Crippen LogP contribution in [0, 0.1) is 5.92 Å². The summed E-state index contributed by atoms with van der Waals surface area (Å²) in [5, 5.41) is 11.3. The van der Waals surface area contributed by atoms with E-state index in [0.29, 0.717) is 11.3 Å². The van der Waals surface area contributed by atoms with Crippen LogP contribution in [0.5, 0.6) is 5.75 Å². The standard InChI is InChI=1S/C16H20N2O/c1-12-6-9-18(10-7-12)11-14-5-4-13-3-2-8-17-15(13)16(14)19/h2-5,8,12,19H,6-7,9-11H2,1H3. The van der Waals surface area contributed by atoms with Gasteiger partial charge in [-0.1, -0.05) is 25.1 Å². The molecule has 2 aromatic rings. The predicted molar refractivity (Wildman–Crippen MR) is 77.1 cm³/mol. The van der Waals surface area contributed by atoms with E-state index < -0.39 is 0 Å². The fourth-order valence-corrected chi connectivity index (χ4v) is 2.76. The number of aromatic hydroxyl groups is 1. The highest BCUT2D eigenvalue weighted by Gasteiger charge is 2.17. The number of fused-ring (bicyclic) bond motifs is 1. The number of phenolic OH excluding ortho intramolecular Hbond substituents is 1. The molecule has 1 fully saturated rings. The molecular formula is C16H20N2O. The Bertz CT molecular complexity index is 574. The van der Waals surface area contributed by atoms with Crippen molar-refractivity contribution in [2.24, 2.45) is 5.92 Å². The lowest BCUT2D eigenvalue weighted by Crippen LogP contribution is -2.32. The van der Waals surface area contributed by atoms with Gasteiger partial charge in [0.25, 0.3) is 0 Å². The van der Waals surface area contributed by atoms with Crippen molar-refractivity contribution < 1.29 is 5.11 Å². The van der Waals surface area contributed by atoms with Gasteiger partial charge < -0.3 is 5.11 Å². The molecule has 0 bridgehead atoms. The third kappa shape index (κ3) is 2.56. The molecule has 0 amide bonds. The minimum Gasteiger partial charge on any atom is -0.505 e. The average molecular weight is 256 g/mol. The van der Waals surface area contributed by atoms with Gasteiger partial charge in [-0.05, 0) is 37.9 Å². The molecule has 2 heterocycles. The maximum atomic E-state index is 10.3. The SMILES string of the molecule is CC1CCN(Cc2ccc3cccnc3c2O)CC1. The molecule has 1 aliphatic heterocycles. The Morgan fingerprint density at radius 1 is 1.26 bits per heavy atom. The molecule has 0 spiro atoms. The summed E-state index contributed by atoms with van der Waals surface area (Å²) >= 11 is 0. The lowest BCUT2D eigenvalue weighted by Gasteiger charge is -2.30. The van der Waals surface area contributed by atoms with Crippen LogP contribution in [-0.2, 0) is 6.54 Å². The van der Waals surface area contributed by atoms with E-state index in [-0.39, 0.29) is 0 Å². The maximum Gasteiger partial charge on any atom is 0.146 e. The Morgan fingerprint density at radius 3 is 2.84 bits per heavy atom. The van der Waals surface area contributed by atoms with Crippen molar-refractivity contribution in [3.05, 3.63) is 36.0 Å². The summed E-state index contributed by atoms with van der Waals surface area (Å²) in [6.07, 6.45) is 4.24. The molecule has 3 rings (SSSR count). The lowest BCUT2D eigenvalue weighted by molar-refractivity contribution is 0.184. The zero-order valence-electron chi connectivity index (χ0n) is 11.3. The molecular weight excluding hydrogens is 236 g/mol. The molecule has 3 heteroatoms. The van der Waals surface area contributed by atoms with Crippen molar-refractivity contribution in [2.45, 2.75) is 26.3 Å². The fraction of sp³-hybridized carbons (Fsp3) is 0.438. The van der Waals surface area contributed by atoms with E-state index in [1.165, 1.54) is 12.8 Å². The third-order valence-corrected chi connectivity index (χ3v) is 4.10. The van der Waals surface area contributed by atoms with E-state index >= 15 is 0 Å². The molecule has 1 aliphatic rings. The minimum absolute atomic E-state index is 0.344. The van der Waals surface area contributed by atoms with Gasteiger partial charge in [0, 0.05) is 23.7 Å². The number of phenols is 1. The Hall–Kier alpha value is -1.61. The molecule has 0 saturated carbocycles. The second-order valence-corrected chi connectivity index (χ2v) is 5.61. The number of likely N-dealkylation sites (tertiary alicyclic amines) is 1. The van der Waals surface area contributed by atoms with Crippen LogP contribution in [0.3, 0.4) is 0 Å².